The zero-order valence-electron chi connectivity index (χ0n) is 21.1. The van der Waals surface area contributed by atoms with E-state index in [1.807, 2.05) is 0 Å². The van der Waals surface area contributed by atoms with Crippen LogP contribution in [0.3, 0.4) is 0 Å². The summed E-state index contributed by atoms with van der Waals surface area (Å²) < 4.78 is 11.5. The number of carbonyl (C=O) groups is 2. The Labute approximate surface area is 231 Å². The molecule has 1 amide bonds. The van der Waals surface area contributed by atoms with E-state index in [4.69, 9.17) is 32.7 Å². The van der Waals surface area contributed by atoms with Gasteiger partial charge in [-0.25, -0.2) is 9.78 Å². The largest absolute Gasteiger partial charge is 0.465 e. The highest BCUT2D eigenvalue weighted by Gasteiger charge is 2.51. The number of imidazole rings is 1. The highest BCUT2D eigenvalue weighted by molar-refractivity contribution is 6.39. The monoisotopic (exact) mass is 553 g/mol. The molecular formula is C29H29Cl2N3O4. The number of H-pyrrole nitrogens is 1. The number of hydrogen-bond donors (Lipinski definition) is 2. The Kier molecular flexibility index (Phi) is 6.70. The number of nitrogens with zero attached hydrogens (tertiary/aromatic N) is 1. The van der Waals surface area contributed by atoms with Crippen LogP contribution >= 0.6 is 23.2 Å². The van der Waals surface area contributed by atoms with E-state index in [9.17, 15) is 9.59 Å². The van der Waals surface area contributed by atoms with Crippen LogP contribution in [0.2, 0.25) is 10.0 Å². The topological polar surface area (TPSA) is 93.3 Å². The number of hydrogen-bond acceptors (Lipinski definition) is 5. The summed E-state index contributed by atoms with van der Waals surface area (Å²) in [6.45, 7) is 0.228. The highest BCUT2D eigenvalue weighted by Crippen LogP contribution is 2.57. The van der Waals surface area contributed by atoms with Crippen molar-refractivity contribution < 1.29 is 19.1 Å². The van der Waals surface area contributed by atoms with E-state index in [1.54, 1.807) is 42.5 Å². The fourth-order valence-electron chi connectivity index (χ4n) is 7.01. The maximum absolute atomic E-state index is 13.5. The second kappa shape index (κ2) is 10.0. The molecule has 2 aromatic carbocycles. The smallest absolute Gasteiger partial charge is 0.337 e. The predicted octanol–water partition coefficient (Wildman–Crippen LogP) is 6.91. The van der Waals surface area contributed by atoms with E-state index >= 15 is 0 Å². The SMILES string of the molecule is COC(=O)c1cccc(NC(=O)c2nc(-c3c(Cl)cccc3Cl)[nH]c2COC23CC4CC(CC(C4)C2)C3)c1. The Hall–Kier alpha value is -2.87. The summed E-state index contributed by atoms with van der Waals surface area (Å²) in [6.07, 6.45) is 7.20. The van der Waals surface area contributed by atoms with Gasteiger partial charge in [-0.15, -0.1) is 0 Å². The molecule has 7 rings (SSSR count). The third-order valence-electron chi connectivity index (χ3n) is 8.24. The summed E-state index contributed by atoms with van der Waals surface area (Å²) in [5, 5.41) is 3.71. The lowest BCUT2D eigenvalue weighted by Crippen LogP contribution is -2.51. The molecule has 0 atom stereocenters. The second-order valence-electron chi connectivity index (χ2n) is 10.9. The van der Waals surface area contributed by atoms with Crippen molar-refractivity contribution in [3.8, 4) is 11.4 Å². The van der Waals surface area contributed by atoms with Crippen LogP contribution in [0.25, 0.3) is 11.4 Å². The Morgan fingerprint density at radius 3 is 2.29 bits per heavy atom. The van der Waals surface area contributed by atoms with Crippen LogP contribution in [0.5, 0.6) is 0 Å². The van der Waals surface area contributed by atoms with Crippen molar-refractivity contribution >= 4 is 40.8 Å². The third-order valence-corrected chi connectivity index (χ3v) is 8.87. The number of esters is 1. The van der Waals surface area contributed by atoms with Gasteiger partial charge < -0.3 is 19.8 Å². The fraction of sp³-hybridized carbons (Fsp3) is 0.414. The Morgan fingerprint density at radius 1 is 1.03 bits per heavy atom. The number of nitrogens with one attached hydrogen (secondary N) is 2. The molecule has 2 N–H and O–H groups in total. The fourth-order valence-corrected chi connectivity index (χ4v) is 7.59. The lowest BCUT2D eigenvalue weighted by molar-refractivity contribution is -0.169. The van der Waals surface area contributed by atoms with Gasteiger partial charge in [0.25, 0.3) is 5.91 Å². The minimum Gasteiger partial charge on any atom is -0.465 e. The minimum atomic E-state index is -0.485. The van der Waals surface area contributed by atoms with Crippen LogP contribution in [-0.2, 0) is 16.1 Å². The van der Waals surface area contributed by atoms with Gasteiger partial charge in [0.15, 0.2) is 5.69 Å². The molecule has 4 saturated carbocycles. The van der Waals surface area contributed by atoms with Crippen LogP contribution in [0, 0.1) is 17.8 Å². The van der Waals surface area contributed by atoms with Crippen molar-refractivity contribution in [1.82, 2.24) is 9.97 Å². The van der Waals surface area contributed by atoms with Crippen LogP contribution in [-0.4, -0.2) is 34.6 Å². The third kappa shape index (κ3) is 4.83. The Balaban J connectivity index is 1.30. The number of halogens is 2. The summed E-state index contributed by atoms with van der Waals surface area (Å²) in [6, 6.07) is 11.8. The molecule has 9 heteroatoms. The first-order valence-electron chi connectivity index (χ1n) is 13.0. The summed E-state index contributed by atoms with van der Waals surface area (Å²) in [5.41, 5.74) is 1.94. The van der Waals surface area contributed by atoms with Crippen molar-refractivity contribution in [1.29, 1.82) is 0 Å². The van der Waals surface area contributed by atoms with E-state index in [0.29, 0.717) is 38.4 Å². The molecule has 4 aliphatic rings. The van der Waals surface area contributed by atoms with Gasteiger partial charge in [-0.05, 0) is 86.6 Å². The first kappa shape index (κ1) is 25.4. The molecule has 1 heterocycles. The molecule has 38 heavy (non-hydrogen) atoms. The van der Waals surface area contributed by atoms with Gasteiger partial charge in [0.1, 0.15) is 5.82 Å². The molecule has 4 fully saturated rings. The van der Waals surface area contributed by atoms with Gasteiger partial charge in [-0.2, -0.15) is 0 Å². The molecule has 3 aromatic rings. The summed E-state index contributed by atoms with van der Waals surface area (Å²) in [7, 11) is 1.31. The molecule has 0 spiro atoms. The number of anilines is 1. The second-order valence-corrected chi connectivity index (χ2v) is 11.7. The van der Waals surface area contributed by atoms with E-state index in [-0.39, 0.29) is 17.9 Å². The average Bonchev–Trinajstić information content (AvgIpc) is 3.30. The number of methoxy groups -OCH3 is 1. The lowest BCUT2D eigenvalue weighted by Gasteiger charge is -2.56. The Bertz CT molecular complexity index is 1350. The molecule has 0 unspecified atom stereocenters. The molecule has 0 saturated heterocycles. The molecule has 1 aromatic heterocycles. The van der Waals surface area contributed by atoms with Gasteiger partial charge in [0.2, 0.25) is 0 Å². The maximum atomic E-state index is 13.5. The van der Waals surface area contributed by atoms with Crippen LogP contribution in [0.4, 0.5) is 5.69 Å². The van der Waals surface area contributed by atoms with E-state index in [0.717, 1.165) is 37.0 Å². The van der Waals surface area contributed by atoms with Crippen molar-refractivity contribution in [3.05, 3.63) is 69.5 Å². The maximum Gasteiger partial charge on any atom is 0.337 e. The molecule has 198 valence electrons. The standard InChI is InChI=1S/C29H29Cl2N3O4/c1-37-28(36)19-4-2-5-20(11-19)32-27(35)25-23(33-26(34-25)24-21(30)6-3-7-22(24)31)15-38-29-12-16-8-17(13-29)10-18(9-16)14-29/h2-7,11,16-18H,8-10,12-15H2,1H3,(H,32,35)(H,33,34). The number of benzene rings is 2. The first-order chi connectivity index (χ1) is 18.3. The van der Waals surface area contributed by atoms with Crippen LogP contribution in [0.1, 0.15) is 65.1 Å². The number of carbonyl (C=O) groups excluding carboxylic acids is 2. The van der Waals surface area contributed by atoms with Gasteiger partial charge in [0, 0.05) is 5.69 Å². The molecular weight excluding hydrogens is 525 g/mol. The quantitative estimate of drug-likeness (QED) is 0.310. The summed E-state index contributed by atoms with van der Waals surface area (Å²) in [5.74, 6) is 1.71. The number of aromatic nitrogens is 2. The molecule has 7 nitrogen and oxygen atoms in total. The van der Waals surface area contributed by atoms with Gasteiger partial charge in [-0.1, -0.05) is 35.3 Å². The predicted molar refractivity (Wildman–Crippen MR) is 145 cm³/mol. The normalized spacial score (nSPS) is 25.4. The number of rotatable bonds is 7. The van der Waals surface area contributed by atoms with Gasteiger partial charge in [0.05, 0.1) is 46.2 Å². The number of amides is 1. The van der Waals surface area contributed by atoms with Crippen molar-refractivity contribution in [2.75, 3.05) is 12.4 Å². The number of aromatic amines is 1. The molecule has 4 aliphatic carbocycles. The van der Waals surface area contributed by atoms with Crippen LogP contribution < -0.4 is 5.32 Å². The highest BCUT2D eigenvalue weighted by atomic mass is 35.5. The van der Waals surface area contributed by atoms with E-state index in [2.05, 4.69) is 15.3 Å². The van der Waals surface area contributed by atoms with Gasteiger partial charge in [-0.3, -0.25) is 4.79 Å². The summed E-state index contributed by atoms with van der Waals surface area (Å²) >= 11 is 12.9. The van der Waals surface area contributed by atoms with Crippen molar-refractivity contribution in [3.63, 3.8) is 0 Å². The van der Waals surface area contributed by atoms with Crippen molar-refractivity contribution in [2.45, 2.75) is 50.7 Å². The molecule has 4 bridgehead atoms. The minimum absolute atomic E-state index is 0.134. The Morgan fingerprint density at radius 2 is 1.66 bits per heavy atom. The zero-order chi connectivity index (χ0) is 26.4. The lowest BCUT2D eigenvalue weighted by atomic mass is 9.54. The zero-order valence-corrected chi connectivity index (χ0v) is 22.6. The van der Waals surface area contributed by atoms with Crippen LogP contribution in [0.15, 0.2) is 42.5 Å². The molecule has 0 radical (unpaired) electrons. The van der Waals surface area contributed by atoms with Crippen molar-refractivity contribution in [2.24, 2.45) is 17.8 Å². The summed E-state index contributed by atoms with van der Waals surface area (Å²) in [4.78, 5) is 33.4. The van der Waals surface area contributed by atoms with E-state index in [1.165, 1.54) is 26.4 Å². The van der Waals surface area contributed by atoms with Gasteiger partial charge >= 0.3 is 5.97 Å². The van der Waals surface area contributed by atoms with E-state index < -0.39 is 11.9 Å². The molecule has 0 aliphatic heterocycles. The first-order valence-corrected chi connectivity index (χ1v) is 13.7. The number of ether oxygens (including phenoxy) is 2. The average molecular weight is 554 g/mol.